The third-order valence-corrected chi connectivity index (χ3v) is 4.77. The van der Waals surface area contributed by atoms with Gasteiger partial charge < -0.3 is 5.73 Å². The number of piperidine rings is 1. The first-order valence-corrected chi connectivity index (χ1v) is 7.46. The van der Waals surface area contributed by atoms with E-state index in [9.17, 15) is 8.42 Å². The lowest BCUT2D eigenvalue weighted by Crippen LogP contribution is -2.48. The van der Waals surface area contributed by atoms with Crippen LogP contribution in [0.15, 0.2) is 0 Å². The lowest BCUT2D eigenvalue weighted by atomic mass is 10.2. The molecule has 0 aromatic heterocycles. The molecule has 0 atom stereocenters. The number of nitrogens with two attached hydrogens (primary N) is 1. The fourth-order valence-corrected chi connectivity index (χ4v) is 3.74. The molecule has 1 heterocycles. The molecule has 0 saturated carbocycles. The van der Waals surface area contributed by atoms with Crippen molar-refractivity contribution in [2.24, 2.45) is 5.73 Å². The van der Waals surface area contributed by atoms with Gasteiger partial charge in [-0.15, -0.1) is 0 Å². The van der Waals surface area contributed by atoms with E-state index >= 15 is 0 Å². The summed E-state index contributed by atoms with van der Waals surface area (Å²) in [5.41, 5.74) is 5.31. The summed E-state index contributed by atoms with van der Waals surface area (Å²) in [6, 6.07) is 0. The van der Waals surface area contributed by atoms with Crippen molar-refractivity contribution >= 4 is 16.0 Å². The summed E-state index contributed by atoms with van der Waals surface area (Å²) in [5, 5.41) is 7.25. The first-order chi connectivity index (χ1) is 7.98. The molecule has 1 aliphatic rings. The number of rotatable bonds is 6. The second-order valence-electron chi connectivity index (χ2n) is 4.33. The van der Waals surface area contributed by atoms with Crippen LogP contribution in [0.3, 0.4) is 0 Å². The Morgan fingerprint density at radius 3 is 2.41 bits per heavy atom. The van der Waals surface area contributed by atoms with Gasteiger partial charge in [-0.1, -0.05) is 13.3 Å². The highest BCUT2D eigenvalue weighted by atomic mass is 32.2. The van der Waals surface area contributed by atoms with Crippen LogP contribution in [0.2, 0.25) is 0 Å². The number of nitrogens with one attached hydrogen (secondary N) is 1. The average molecular weight is 262 g/mol. The molecule has 7 heteroatoms. The van der Waals surface area contributed by atoms with Crippen LogP contribution in [0.25, 0.3) is 0 Å². The minimum atomic E-state index is -3.44. The Bertz CT molecular complexity index is 349. The van der Waals surface area contributed by atoms with Gasteiger partial charge in [-0.2, -0.15) is 17.0 Å². The minimum Gasteiger partial charge on any atom is -0.387 e. The number of hydrogen-bond acceptors (Lipinski definition) is 3. The highest BCUT2D eigenvalue weighted by molar-refractivity contribution is 7.86. The number of hydrogen-bond donors (Lipinski definition) is 2. The molecule has 0 aromatic rings. The Kier molecular flexibility index (Phi) is 5.35. The van der Waals surface area contributed by atoms with E-state index < -0.39 is 10.2 Å². The fourth-order valence-electron chi connectivity index (χ4n) is 1.97. The highest BCUT2D eigenvalue weighted by Crippen LogP contribution is 2.16. The molecule has 1 fully saturated rings. The second-order valence-corrected chi connectivity index (χ2v) is 6.25. The third kappa shape index (κ3) is 3.93. The zero-order valence-electron chi connectivity index (χ0n) is 10.4. The van der Waals surface area contributed by atoms with E-state index in [-0.39, 0.29) is 12.4 Å². The molecule has 0 unspecified atom stereocenters. The van der Waals surface area contributed by atoms with Crippen LogP contribution in [0, 0.1) is 5.41 Å². The molecule has 1 rings (SSSR count). The average Bonchev–Trinajstić information content (AvgIpc) is 2.29. The standard InChI is InChI=1S/C10H22N4O2S/c1-2-6-14(9-10(11)12)17(15,16)13-7-4-3-5-8-13/h2-9H2,1H3,(H3,11,12). The summed E-state index contributed by atoms with van der Waals surface area (Å²) in [7, 11) is -3.44. The first-order valence-electron chi connectivity index (χ1n) is 6.06. The summed E-state index contributed by atoms with van der Waals surface area (Å²) in [6.45, 7) is 3.49. The van der Waals surface area contributed by atoms with E-state index in [1.54, 1.807) is 0 Å². The number of nitrogens with zero attached hydrogens (tertiary/aromatic N) is 2. The van der Waals surface area contributed by atoms with Gasteiger partial charge >= 0.3 is 0 Å². The van der Waals surface area contributed by atoms with Crippen LogP contribution >= 0.6 is 0 Å². The zero-order chi connectivity index (χ0) is 12.9. The van der Waals surface area contributed by atoms with Crippen LogP contribution < -0.4 is 5.73 Å². The summed E-state index contributed by atoms with van der Waals surface area (Å²) >= 11 is 0. The predicted molar refractivity (Wildman–Crippen MR) is 68.1 cm³/mol. The Hall–Kier alpha value is -0.660. The molecule has 17 heavy (non-hydrogen) atoms. The van der Waals surface area contributed by atoms with Crippen molar-refractivity contribution in [1.29, 1.82) is 5.41 Å². The minimum absolute atomic E-state index is 0.00727. The van der Waals surface area contributed by atoms with Gasteiger partial charge in [0.1, 0.15) is 5.84 Å². The van der Waals surface area contributed by atoms with Gasteiger partial charge in [0.05, 0.1) is 6.54 Å². The second kappa shape index (κ2) is 6.32. The molecule has 3 N–H and O–H groups in total. The molecule has 0 aromatic carbocycles. The quantitative estimate of drug-likeness (QED) is 0.535. The molecule has 0 spiro atoms. The normalized spacial score (nSPS) is 18.5. The molecule has 0 amide bonds. The molecular formula is C10H22N4O2S. The third-order valence-electron chi connectivity index (χ3n) is 2.79. The van der Waals surface area contributed by atoms with Crippen molar-refractivity contribution in [3.05, 3.63) is 0 Å². The largest absolute Gasteiger partial charge is 0.387 e. The van der Waals surface area contributed by atoms with E-state index in [1.807, 2.05) is 6.92 Å². The van der Waals surface area contributed by atoms with Gasteiger partial charge in [0.15, 0.2) is 0 Å². The van der Waals surface area contributed by atoms with E-state index in [1.165, 1.54) is 8.61 Å². The lowest BCUT2D eigenvalue weighted by Gasteiger charge is -2.31. The van der Waals surface area contributed by atoms with Crippen molar-refractivity contribution in [3.63, 3.8) is 0 Å². The lowest BCUT2D eigenvalue weighted by molar-refractivity contribution is 0.311. The van der Waals surface area contributed by atoms with Gasteiger partial charge in [0.25, 0.3) is 10.2 Å². The van der Waals surface area contributed by atoms with Crippen LogP contribution in [0.4, 0.5) is 0 Å². The molecule has 0 bridgehead atoms. The van der Waals surface area contributed by atoms with Crippen molar-refractivity contribution in [2.75, 3.05) is 26.2 Å². The highest BCUT2D eigenvalue weighted by Gasteiger charge is 2.30. The van der Waals surface area contributed by atoms with E-state index in [0.717, 1.165) is 25.7 Å². The molecular weight excluding hydrogens is 240 g/mol. The maximum Gasteiger partial charge on any atom is 0.282 e. The summed E-state index contributed by atoms with van der Waals surface area (Å²) in [5.74, 6) is -0.112. The van der Waals surface area contributed by atoms with Crippen molar-refractivity contribution in [3.8, 4) is 0 Å². The van der Waals surface area contributed by atoms with Gasteiger partial charge in [-0.05, 0) is 19.3 Å². The van der Waals surface area contributed by atoms with E-state index in [2.05, 4.69) is 0 Å². The monoisotopic (exact) mass is 262 g/mol. The maximum atomic E-state index is 12.3. The SMILES string of the molecule is CCCN(CC(=N)N)S(=O)(=O)N1CCCCC1. The Morgan fingerprint density at radius 2 is 1.94 bits per heavy atom. The summed E-state index contributed by atoms with van der Waals surface area (Å²) < 4.78 is 27.4. The van der Waals surface area contributed by atoms with Crippen molar-refractivity contribution in [1.82, 2.24) is 8.61 Å². The molecule has 1 saturated heterocycles. The van der Waals surface area contributed by atoms with Gasteiger partial charge in [0.2, 0.25) is 0 Å². The van der Waals surface area contributed by atoms with Crippen LogP contribution in [0.1, 0.15) is 32.6 Å². The Balaban J connectivity index is 2.78. The predicted octanol–water partition coefficient (Wildman–Crippen LogP) is 0.365. The topological polar surface area (TPSA) is 90.5 Å². The molecule has 0 aliphatic carbocycles. The van der Waals surface area contributed by atoms with Crippen LogP contribution in [-0.4, -0.2) is 49.0 Å². The molecule has 1 aliphatic heterocycles. The number of amidine groups is 1. The molecule has 100 valence electrons. The molecule has 6 nitrogen and oxygen atoms in total. The smallest absolute Gasteiger partial charge is 0.282 e. The van der Waals surface area contributed by atoms with Gasteiger partial charge in [-0.3, -0.25) is 5.41 Å². The fraction of sp³-hybridized carbons (Fsp3) is 0.900. The summed E-state index contributed by atoms with van der Waals surface area (Å²) in [6.07, 6.45) is 3.64. The van der Waals surface area contributed by atoms with E-state index in [0.29, 0.717) is 19.6 Å². The van der Waals surface area contributed by atoms with Crippen molar-refractivity contribution < 1.29 is 8.42 Å². The first kappa shape index (κ1) is 14.4. The van der Waals surface area contributed by atoms with Crippen LogP contribution in [0.5, 0.6) is 0 Å². The zero-order valence-corrected chi connectivity index (χ0v) is 11.2. The van der Waals surface area contributed by atoms with E-state index in [4.69, 9.17) is 11.1 Å². The van der Waals surface area contributed by atoms with Gasteiger partial charge in [-0.25, -0.2) is 0 Å². The Morgan fingerprint density at radius 1 is 1.35 bits per heavy atom. The van der Waals surface area contributed by atoms with Crippen LogP contribution in [-0.2, 0) is 10.2 Å². The Labute approximate surface area is 103 Å². The molecule has 0 radical (unpaired) electrons. The van der Waals surface area contributed by atoms with Gasteiger partial charge in [0, 0.05) is 19.6 Å². The maximum absolute atomic E-state index is 12.3. The summed E-state index contributed by atoms with van der Waals surface area (Å²) in [4.78, 5) is 0. The van der Waals surface area contributed by atoms with Crippen molar-refractivity contribution in [2.45, 2.75) is 32.6 Å².